The zero-order chi connectivity index (χ0) is 13.0. The van der Waals surface area contributed by atoms with Crippen molar-refractivity contribution in [1.82, 2.24) is 0 Å². The van der Waals surface area contributed by atoms with E-state index in [4.69, 9.17) is 4.42 Å². The van der Waals surface area contributed by atoms with Crippen molar-refractivity contribution >= 4 is 5.78 Å². The lowest BCUT2D eigenvalue weighted by Gasteiger charge is -2.11. The molecule has 0 N–H and O–H groups in total. The Bertz CT molecular complexity index is 500. The van der Waals surface area contributed by atoms with Gasteiger partial charge in [0, 0.05) is 17.9 Å². The Labute approximate surface area is 105 Å². The van der Waals surface area contributed by atoms with Crippen LogP contribution in [0.15, 0.2) is 47.1 Å². The minimum atomic E-state index is -0.329. The van der Waals surface area contributed by atoms with Crippen molar-refractivity contribution in [2.24, 2.45) is 0 Å². The molecule has 1 heterocycles. The zero-order valence-electron chi connectivity index (χ0n) is 10.2. The zero-order valence-corrected chi connectivity index (χ0v) is 10.2. The van der Waals surface area contributed by atoms with Gasteiger partial charge >= 0.3 is 0 Å². The predicted molar refractivity (Wildman–Crippen MR) is 67.1 cm³/mol. The number of carbonyl (C=O) groups is 1. The highest BCUT2D eigenvalue weighted by Gasteiger charge is 2.17. The van der Waals surface area contributed by atoms with Crippen molar-refractivity contribution in [3.8, 4) is 0 Å². The minimum Gasteiger partial charge on any atom is -0.469 e. The molecular weight excluding hydrogens is 231 g/mol. The first-order chi connectivity index (χ1) is 8.70. The van der Waals surface area contributed by atoms with Crippen molar-refractivity contribution in [3.63, 3.8) is 0 Å². The second kappa shape index (κ2) is 5.63. The smallest absolute Gasteiger partial charge is 0.163 e. The molecule has 0 aliphatic carbocycles. The van der Waals surface area contributed by atoms with Gasteiger partial charge < -0.3 is 4.42 Å². The third kappa shape index (κ3) is 2.86. The maximum Gasteiger partial charge on any atom is 0.163 e. The molecule has 1 unspecified atom stereocenters. The summed E-state index contributed by atoms with van der Waals surface area (Å²) < 4.78 is 18.1. The highest BCUT2D eigenvalue weighted by Crippen LogP contribution is 2.25. The molecule has 3 heteroatoms. The first kappa shape index (κ1) is 12.6. The summed E-state index contributed by atoms with van der Waals surface area (Å²) in [6.07, 6.45) is 2.83. The first-order valence-corrected chi connectivity index (χ1v) is 6.03. The van der Waals surface area contributed by atoms with Crippen LogP contribution in [0.4, 0.5) is 4.39 Å². The van der Waals surface area contributed by atoms with Gasteiger partial charge in [0.05, 0.1) is 6.26 Å². The lowest BCUT2D eigenvalue weighted by molar-refractivity contribution is 0.0969. The molecule has 0 saturated heterocycles. The molecule has 0 bridgehead atoms. The van der Waals surface area contributed by atoms with Crippen LogP contribution in [0.5, 0.6) is 0 Å². The van der Waals surface area contributed by atoms with Gasteiger partial charge in [-0.15, -0.1) is 0 Å². The van der Waals surface area contributed by atoms with Crippen LogP contribution in [-0.4, -0.2) is 5.78 Å². The maximum atomic E-state index is 12.8. The molecule has 18 heavy (non-hydrogen) atoms. The van der Waals surface area contributed by atoms with E-state index in [1.165, 1.54) is 24.3 Å². The summed E-state index contributed by atoms with van der Waals surface area (Å²) in [5.74, 6) is 0.591. The quantitative estimate of drug-likeness (QED) is 0.740. The number of benzene rings is 1. The van der Waals surface area contributed by atoms with Crippen molar-refractivity contribution in [2.75, 3.05) is 0 Å². The van der Waals surface area contributed by atoms with E-state index in [0.29, 0.717) is 12.0 Å². The van der Waals surface area contributed by atoms with E-state index in [0.717, 1.165) is 12.2 Å². The van der Waals surface area contributed by atoms with Gasteiger partial charge in [-0.2, -0.15) is 0 Å². The van der Waals surface area contributed by atoms with Gasteiger partial charge in [0.25, 0.3) is 0 Å². The maximum absolute atomic E-state index is 12.8. The Balaban J connectivity index is 2.08. The largest absolute Gasteiger partial charge is 0.469 e. The lowest BCUT2D eigenvalue weighted by Crippen LogP contribution is -2.06. The van der Waals surface area contributed by atoms with Gasteiger partial charge in [0.2, 0.25) is 0 Å². The molecule has 0 saturated carbocycles. The molecule has 0 amide bonds. The fourth-order valence-electron chi connectivity index (χ4n) is 1.95. The van der Waals surface area contributed by atoms with Gasteiger partial charge in [-0.25, -0.2) is 4.39 Å². The second-order valence-electron chi connectivity index (χ2n) is 4.25. The number of hydrogen-bond acceptors (Lipinski definition) is 2. The summed E-state index contributed by atoms with van der Waals surface area (Å²) in [4.78, 5) is 12.1. The monoisotopic (exact) mass is 246 g/mol. The summed E-state index contributed by atoms with van der Waals surface area (Å²) in [5.41, 5.74) is 0.543. The number of carbonyl (C=O) groups excluding carboxylic acids is 1. The highest BCUT2D eigenvalue weighted by molar-refractivity contribution is 5.96. The van der Waals surface area contributed by atoms with E-state index >= 15 is 0 Å². The molecule has 94 valence electrons. The van der Waals surface area contributed by atoms with Crippen molar-refractivity contribution in [2.45, 2.75) is 25.7 Å². The van der Waals surface area contributed by atoms with Crippen LogP contribution in [0.3, 0.4) is 0 Å². The average molecular weight is 246 g/mol. The summed E-state index contributed by atoms with van der Waals surface area (Å²) >= 11 is 0. The predicted octanol–water partition coefficient (Wildman–Crippen LogP) is 4.19. The van der Waals surface area contributed by atoms with E-state index < -0.39 is 0 Å². The number of furan rings is 1. The second-order valence-corrected chi connectivity index (χ2v) is 4.25. The SMILES string of the molecule is CCC(CC(=O)c1ccc(F)cc1)c1ccco1. The number of hydrogen-bond donors (Lipinski definition) is 0. The Morgan fingerprint density at radius 2 is 2.00 bits per heavy atom. The van der Waals surface area contributed by atoms with Crippen LogP contribution >= 0.6 is 0 Å². The normalized spacial score (nSPS) is 12.3. The average Bonchev–Trinajstić information content (AvgIpc) is 2.90. The molecule has 1 atom stereocenters. The molecule has 0 aliphatic heterocycles. The third-order valence-electron chi connectivity index (χ3n) is 3.04. The molecule has 2 rings (SSSR count). The van der Waals surface area contributed by atoms with Gasteiger partial charge in [-0.05, 0) is 42.8 Å². The van der Waals surface area contributed by atoms with Crippen molar-refractivity contribution in [3.05, 3.63) is 59.8 Å². The first-order valence-electron chi connectivity index (χ1n) is 6.03. The molecular formula is C15H15FO2. The van der Waals surface area contributed by atoms with E-state index in [2.05, 4.69) is 0 Å². The summed E-state index contributed by atoms with van der Waals surface area (Å²) in [6.45, 7) is 2.02. The molecule has 0 aliphatic rings. The number of Topliss-reactive ketones (excluding diaryl/α,β-unsaturated/α-hetero) is 1. The van der Waals surface area contributed by atoms with Crippen LogP contribution in [0.1, 0.15) is 41.8 Å². The van der Waals surface area contributed by atoms with Crippen LogP contribution < -0.4 is 0 Å². The van der Waals surface area contributed by atoms with E-state index in [1.54, 1.807) is 6.26 Å². The molecule has 1 aromatic heterocycles. The van der Waals surface area contributed by atoms with E-state index in [9.17, 15) is 9.18 Å². The molecule has 0 fully saturated rings. The molecule has 0 radical (unpaired) electrons. The van der Waals surface area contributed by atoms with Gasteiger partial charge in [0.15, 0.2) is 5.78 Å². The van der Waals surface area contributed by atoms with Crippen LogP contribution in [0.2, 0.25) is 0 Å². The molecule has 1 aromatic carbocycles. The highest BCUT2D eigenvalue weighted by atomic mass is 19.1. The number of ketones is 1. The molecule has 2 aromatic rings. The van der Waals surface area contributed by atoms with Gasteiger partial charge in [-0.1, -0.05) is 6.92 Å². The third-order valence-corrected chi connectivity index (χ3v) is 3.04. The van der Waals surface area contributed by atoms with Gasteiger partial charge in [0.1, 0.15) is 11.6 Å². The van der Waals surface area contributed by atoms with Crippen LogP contribution in [-0.2, 0) is 0 Å². The fraction of sp³-hybridized carbons (Fsp3) is 0.267. The molecule has 2 nitrogen and oxygen atoms in total. The summed E-state index contributed by atoms with van der Waals surface area (Å²) in [5, 5.41) is 0. The number of halogens is 1. The topological polar surface area (TPSA) is 30.2 Å². The lowest BCUT2D eigenvalue weighted by atomic mass is 9.94. The Hall–Kier alpha value is -1.90. The summed E-state index contributed by atoms with van der Waals surface area (Å²) in [6, 6.07) is 9.35. The number of rotatable bonds is 5. The minimum absolute atomic E-state index is 0.0123. The van der Waals surface area contributed by atoms with Crippen molar-refractivity contribution in [1.29, 1.82) is 0 Å². The standard InChI is InChI=1S/C15H15FO2/c1-2-11(15-4-3-9-18-15)10-14(17)12-5-7-13(16)8-6-12/h3-9,11H,2,10H2,1H3. The van der Waals surface area contributed by atoms with Crippen LogP contribution in [0.25, 0.3) is 0 Å². The van der Waals surface area contributed by atoms with E-state index in [1.807, 2.05) is 19.1 Å². The van der Waals surface area contributed by atoms with Crippen LogP contribution in [0, 0.1) is 5.82 Å². The van der Waals surface area contributed by atoms with E-state index in [-0.39, 0.29) is 17.5 Å². The Morgan fingerprint density at radius 1 is 1.28 bits per heavy atom. The van der Waals surface area contributed by atoms with Crippen molar-refractivity contribution < 1.29 is 13.6 Å². The Morgan fingerprint density at radius 3 is 2.56 bits per heavy atom. The van der Waals surface area contributed by atoms with Gasteiger partial charge in [-0.3, -0.25) is 4.79 Å². The molecule has 0 spiro atoms. The fourth-order valence-corrected chi connectivity index (χ4v) is 1.95. The Kier molecular flexibility index (Phi) is 3.92. The summed E-state index contributed by atoms with van der Waals surface area (Å²) in [7, 11) is 0.